The minimum Gasteiger partial charge on any atom is -0.497 e. The van der Waals surface area contributed by atoms with Crippen molar-refractivity contribution in [1.29, 1.82) is 0 Å². The Labute approximate surface area is 147 Å². The zero-order valence-corrected chi connectivity index (χ0v) is 14.9. The van der Waals surface area contributed by atoms with E-state index in [0.717, 1.165) is 16.9 Å². The van der Waals surface area contributed by atoms with Crippen LogP contribution in [0.3, 0.4) is 0 Å². The van der Waals surface area contributed by atoms with Gasteiger partial charge in [0.1, 0.15) is 11.8 Å². The van der Waals surface area contributed by atoms with E-state index in [4.69, 9.17) is 4.74 Å². The van der Waals surface area contributed by atoms with Crippen LogP contribution in [-0.4, -0.2) is 42.4 Å². The molecule has 25 heavy (non-hydrogen) atoms. The normalized spacial score (nSPS) is 17.0. The summed E-state index contributed by atoms with van der Waals surface area (Å²) in [5.74, 6) is 0.593. The van der Waals surface area contributed by atoms with E-state index in [9.17, 15) is 14.4 Å². The van der Waals surface area contributed by atoms with Crippen molar-refractivity contribution >= 4 is 17.8 Å². The minimum atomic E-state index is -0.801. The molecule has 1 fully saturated rings. The highest BCUT2D eigenvalue weighted by atomic mass is 16.5. The van der Waals surface area contributed by atoms with Crippen molar-refractivity contribution in [3.8, 4) is 5.75 Å². The number of amides is 4. The lowest BCUT2D eigenvalue weighted by molar-refractivity contribution is -0.131. The molecule has 2 N–H and O–H groups in total. The van der Waals surface area contributed by atoms with Gasteiger partial charge in [0.25, 0.3) is 5.91 Å². The first-order chi connectivity index (χ1) is 11.9. The molecule has 0 aliphatic carbocycles. The van der Waals surface area contributed by atoms with E-state index < -0.39 is 12.1 Å². The van der Waals surface area contributed by atoms with Gasteiger partial charge in [0.2, 0.25) is 5.91 Å². The number of hydrogen-bond acceptors (Lipinski definition) is 4. The lowest BCUT2D eigenvalue weighted by Crippen LogP contribution is -2.37. The summed E-state index contributed by atoms with van der Waals surface area (Å²) in [6.45, 7) is 4.88. The Hall–Kier alpha value is -2.57. The first-order valence-electron chi connectivity index (χ1n) is 8.42. The molecule has 0 bridgehead atoms. The first-order valence-corrected chi connectivity index (χ1v) is 8.42. The van der Waals surface area contributed by atoms with Crippen LogP contribution < -0.4 is 15.4 Å². The second-order valence-corrected chi connectivity index (χ2v) is 6.51. The number of imide groups is 1. The molecule has 2 rings (SSSR count). The lowest BCUT2D eigenvalue weighted by atomic mass is 10.1. The number of benzene rings is 1. The highest BCUT2D eigenvalue weighted by Crippen LogP contribution is 2.17. The Kier molecular flexibility index (Phi) is 6.38. The van der Waals surface area contributed by atoms with Crippen LogP contribution in [0.4, 0.5) is 4.79 Å². The van der Waals surface area contributed by atoms with Crippen molar-refractivity contribution in [3.05, 3.63) is 29.8 Å². The molecule has 4 amide bonds. The van der Waals surface area contributed by atoms with E-state index >= 15 is 0 Å². The van der Waals surface area contributed by atoms with E-state index in [0.29, 0.717) is 18.2 Å². The van der Waals surface area contributed by atoms with Crippen molar-refractivity contribution in [2.75, 3.05) is 13.7 Å². The van der Waals surface area contributed by atoms with E-state index in [1.165, 1.54) is 0 Å². The van der Waals surface area contributed by atoms with Gasteiger partial charge in [0.15, 0.2) is 0 Å². The number of rotatable bonds is 8. The molecule has 1 aromatic carbocycles. The summed E-state index contributed by atoms with van der Waals surface area (Å²) in [5, 5.41) is 5.36. The largest absolute Gasteiger partial charge is 0.497 e. The van der Waals surface area contributed by atoms with Crippen molar-refractivity contribution in [2.45, 2.75) is 39.3 Å². The number of ether oxygens (including phenoxy) is 1. The third-order valence-electron chi connectivity index (χ3n) is 4.04. The summed E-state index contributed by atoms with van der Waals surface area (Å²) >= 11 is 0. The number of urea groups is 1. The molecule has 0 saturated carbocycles. The van der Waals surface area contributed by atoms with E-state index in [-0.39, 0.29) is 24.8 Å². The fraction of sp³-hybridized carbons (Fsp3) is 0.500. The average Bonchev–Trinajstić information content (AvgIpc) is 2.82. The summed E-state index contributed by atoms with van der Waals surface area (Å²) in [6, 6.07) is 5.86. The van der Waals surface area contributed by atoms with Gasteiger partial charge in [-0.25, -0.2) is 4.79 Å². The Balaban J connectivity index is 1.89. The topological polar surface area (TPSA) is 87.7 Å². The SMILES string of the molecule is COc1ccc(CN2C(=O)N[C@H](CC(=O)NCCC(C)C)C2=O)cc1. The van der Waals surface area contributed by atoms with Crippen LogP contribution in [0.2, 0.25) is 0 Å². The van der Waals surface area contributed by atoms with Crippen LogP contribution >= 0.6 is 0 Å². The number of hydrogen-bond donors (Lipinski definition) is 2. The first kappa shape index (κ1) is 18.8. The van der Waals surface area contributed by atoms with Gasteiger partial charge >= 0.3 is 6.03 Å². The number of carbonyl (C=O) groups is 3. The van der Waals surface area contributed by atoms with Gasteiger partial charge in [-0.3, -0.25) is 14.5 Å². The van der Waals surface area contributed by atoms with Gasteiger partial charge < -0.3 is 15.4 Å². The van der Waals surface area contributed by atoms with Gasteiger partial charge in [0.05, 0.1) is 20.1 Å². The molecule has 7 nitrogen and oxygen atoms in total. The maximum Gasteiger partial charge on any atom is 0.325 e. The zero-order chi connectivity index (χ0) is 18.4. The van der Waals surface area contributed by atoms with Crippen LogP contribution in [0.15, 0.2) is 24.3 Å². The molecular formula is C18H25N3O4. The molecule has 0 spiro atoms. The van der Waals surface area contributed by atoms with Crippen LogP contribution in [0.5, 0.6) is 5.75 Å². The molecule has 0 unspecified atom stereocenters. The number of carbonyl (C=O) groups excluding carboxylic acids is 3. The summed E-state index contributed by atoms with van der Waals surface area (Å²) in [5.41, 5.74) is 0.811. The molecule has 1 aliphatic rings. The number of methoxy groups -OCH3 is 1. The molecule has 0 radical (unpaired) electrons. The predicted octanol–water partition coefficient (Wildman–Crippen LogP) is 1.67. The van der Waals surface area contributed by atoms with E-state index in [1.807, 2.05) is 0 Å². The Bertz CT molecular complexity index is 628. The molecule has 7 heteroatoms. The number of nitrogens with zero attached hydrogens (tertiary/aromatic N) is 1. The fourth-order valence-electron chi connectivity index (χ4n) is 2.54. The molecule has 1 saturated heterocycles. The van der Waals surface area contributed by atoms with Gasteiger partial charge in [-0.2, -0.15) is 0 Å². The number of nitrogens with one attached hydrogen (secondary N) is 2. The van der Waals surface area contributed by atoms with Gasteiger partial charge in [-0.1, -0.05) is 26.0 Å². The van der Waals surface area contributed by atoms with Crippen molar-refractivity contribution in [3.63, 3.8) is 0 Å². The van der Waals surface area contributed by atoms with Crippen molar-refractivity contribution in [2.24, 2.45) is 5.92 Å². The van der Waals surface area contributed by atoms with Crippen LogP contribution in [0.1, 0.15) is 32.3 Å². The zero-order valence-electron chi connectivity index (χ0n) is 14.9. The van der Waals surface area contributed by atoms with Crippen molar-refractivity contribution in [1.82, 2.24) is 15.5 Å². The van der Waals surface area contributed by atoms with E-state index in [1.54, 1.807) is 31.4 Å². The Morgan fingerprint density at radius 2 is 1.96 bits per heavy atom. The maximum absolute atomic E-state index is 12.4. The minimum absolute atomic E-state index is 0.0399. The molecule has 1 heterocycles. The highest BCUT2D eigenvalue weighted by molar-refractivity contribution is 6.05. The third kappa shape index (κ3) is 5.20. The molecule has 1 aromatic rings. The fourth-order valence-corrected chi connectivity index (χ4v) is 2.54. The predicted molar refractivity (Wildman–Crippen MR) is 92.9 cm³/mol. The summed E-state index contributed by atoms with van der Waals surface area (Å²) < 4.78 is 5.08. The van der Waals surface area contributed by atoms with Crippen LogP contribution in [0.25, 0.3) is 0 Å². The molecule has 1 aliphatic heterocycles. The van der Waals surface area contributed by atoms with Crippen molar-refractivity contribution < 1.29 is 19.1 Å². The van der Waals surface area contributed by atoms with Crippen LogP contribution in [-0.2, 0) is 16.1 Å². The summed E-state index contributed by atoms with van der Waals surface area (Å²) in [7, 11) is 1.57. The summed E-state index contributed by atoms with van der Waals surface area (Å²) in [6.07, 6.45) is 0.835. The monoisotopic (exact) mass is 347 g/mol. The maximum atomic E-state index is 12.4. The lowest BCUT2D eigenvalue weighted by Gasteiger charge is -2.13. The standard InChI is InChI=1S/C18H25N3O4/c1-12(2)8-9-19-16(22)10-15-17(23)21(18(24)20-15)11-13-4-6-14(25-3)7-5-13/h4-7,12,15H,8-11H2,1-3H3,(H,19,22)(H,20,24)/t15-/m1/s1. The molecular weight excluding hydrogens is 322 g/mol. The Morgan fingerprint density at radius 3 is 2.56 bits per heavy atom. The average molecular weight is 347 g/mol. The molecule has 1 atom stereocenters. The Morgan fingerprint density at radius 1 is 1.28 bits per heavy atom. The second kappa shape index (κ2) is 8.50. The molecule has 0 aromatic heterocycles. The van der Waals surface area contributed by atoms with Gasteiger partial charge in [0, 0.05) is 6.54 Å². The summed E-state index contributed by atoms with van der Waals surface area (Å²) in [4.78, 5) is 37.5. The third-order valence-corrected chi connectivity index (χ3v) is 4.04. The van der Waals surface area contributed by atoms with E-state index in [2.05, 4.69) is 24.5 Å². The quantitative estimate of drug-likeness (QED) is 0.700. The van der Waals surface area contributed by atoms with Gasteiger partial charge in [-0.05, 0) is 30.0 Å². The smallest absolute Gasteiger partial charge is 0.325 e. The second-order valence-electron chi connectivity index (χ2n) is 6.51. The van der Waals surface area contributed by atoms with Gasteiger partial charge in [-0.15, -0.1) is 0 Å². The van der Waals surface area contributed by atoms with Crippen LogP contribution in [0, 0.1) is 5.92 Å². The molecule has 136 valence electrons. The highest BCUT2D eigenvalue weighted by Gasteiger charge is 2.38.